The summed E-state index contributed by atoms with van der Waals surface area (Å²) in [5.74, 6) is 0.958. The Morgan fingerprint density at radius 2 is 1.41 bits per heavy atom. The summed E-state index contributed by atoms with van der Waals surface area (Å²) >= 11 is 1.47. The number of methoxy groups -OCH3 is 3. The molecule has 0 spiro atoms. The molecule has 2 aromatic carbocycles. The van der Waals surface area contributed by atoms with Crippen molar-refractivity contribution in [2.75, 3.05) is 47.8 Å². The second-order valence-electron chi connectivity index (χ2n) is 5.41. The third kappa shape index (κ3) is 6.78. The predicted molar refractivity (Wildman–Crippen MR) is 103 cm³/mol. The van der Waals surface area contributed by atoms with E-state index in [0.29, 0.717) is 37.7 Å². The third-order valence-corrected chi connectivity index (χ3v) is 4.60. The predicted octanol–water partition coefficient (Wildman–Crippen LogP) is 3.67. The van der Waals surface area contributed by atoms with Crippen LogP contribution >= 0.6 is 11.8 Å². The Bertz CT molecular complexity index is 717. The highest BCUT2D eigenvalue weighted by atomic mass is 32.2. The molecular weight excluding hydrogens is 368 g/mol. The third-order valence-electron chi connectivity index (χ3n) is 3.52. The lowest BCUT2D eigenvalue weighted by Gasteiger charge is -2.12. The van der Waals surface area contributed by atoms with E-state index in [1.807, 2.05) is 36.4 Å². The number of benzene rings is 2. The Morgan fingerprint density at radius 1 is 0.815 bits per heavy atom. The van der Waals surface area contributed by atoms with Crippen LogP contribution in [0.1, 0.15) is 10.4 Å². The molecular formula is C20H24O6S. The van der Waals surface area contributed by atoms with Crippen molar-refractivity contribution < 1.29 is 28.5 Å². The van der Waals surface area contributed by atoms with Crippen molar-refractivity contribution >= 4 is 17.7 Å². The largest absolute Gasteiger partial charge is 0.491 e. The SMILES string of the molecule is COCCOc1ccc(Sc2ccc(OCCOC)cc2C(=O)OC)cc1. The van der Waals surface area contributed by atoms with E-state index < -0.39 is 5.97 Å². The number of carbonyl (C=O) groups is 1. The molecule has 0 atom stereocenters. The molecule has 0 saturated carbocycles. The highest BCUT2D eigenvalue weighted by Crippen LogP contribution is 2.34. The highest BCUT2D eigenvalue weighted by Gasteiger charge is 2.15. The Labute approximate surface area is 163 Å². The lowest BCUT2D eigenvalue weighted by atomic mass is 10.2. The van der Waals surface area contributed by atoms with Gasteiger partial charge in [0.2, 0.25) is 0 Å². The van der Waals surface area contributed by atoms with Gasteiger partial charge in [-0.1, -0.05) is 11.8 Å². The van der Waals surface area contributed by atoms with Crippen LogP contribution < -0.4 is 9.47 Å². The summed E-state index contributed by atoms with van der Waals surface area (Å²) in [7, 11) is 4.61. The Kier molecular flexibility index (Phi) is 8.97. The molecule has 7 heteroatoms. The van der Waals surface area contributed by atoms with Gasteiger partial charge in [0.05, 0.1) is 25.9 Å². The Balaban J connectivity index is 2.10. The van der Waals surface area contributed by atoms with Crippen LogP contribution in [0.15, 0.2) is 52.3 Å². The van der Waals surface area contributed by atoms with Gasteiger partial charge in [0, 0.05) is 24.0 Å². The van der Waals surface area contributed by atoms with Gasteiger partial charge in [0.15, 0.2) is 0 Å². The minimum absolute atomic E-state index is 0.408. The molecule has 0 aromatic heterocycles. The average molecular weight is 392 g/mol. The maximum absolute atomic E-state index is 12.2. The summed E-state index contributed by atoms with van der Waals surface area (Å²) in [5.41, 5.74) is 0.456. The molecule has 0 fully saturated rings. The Morgan fingerprint density at radius 3 is 2.00 bits per heavy atom. The zero-order valence-electron chi connectivity index (χ0n) is 15.7. The van der Waals surface area contributed by atoms with Gasteiger partial charge >= 0.3 is 5.97 Å². The van der Waals surface area contributed by atoms with Crippen molar-refractivity contribution in [2.45, 2.75) is 9.79 Å². The molecule has 0 saturated heterocycles. The summed E-state index contributed by atoms with van der Waals surface area (Å²) in [6.07, 6.45) is 0. The average Bonchev–Trinajstić information content (AvgIpc) is 2.70. The van der Waals surface area contributed by atoms with Crippen molar-refractivity contribution in [1.29, 1.82) is 0 Å². The van der Waals surface area contributed by atoms with Crippen molar-refractivity contribution in [1.82, 2.24) is 0 Å². The molecule has 0 aliphatic carbocycles. The van der Waals surface area contributed by atoms with Crippen LogP contribution in [0.4, 0.5) is 0 Å². The van der Waals surface area contributed by atoms with E-state index in [9.17, 15) is 4.79 Å². The van der Waals surface area contributed by atoms with E-state index in [1.54, 1.807) is 20.3 Å². The lowest BCUT2D eigenvalue weighted by molar-refractivity contribution is 0.0596. The first kappa shape index (κ1) is 21.1. The maximum Gasteiger partial charge on any atom is 0.339 e. The number of hydrogen-bond donors (Lipinski definition) is 0. The fraction of sp³-hybridized carbons (Fsp3) is 0.350. The lowest BCUT2D eigenvalue weighted by Crippen LogP contribution is -2.07. The molecule has 6 nitrogen and oxygen atoms in total. The molecule has 0 aliphatic heterocycles. The van der Waals surface area contributed by atoms with Gasteiger partial charge in [0.1, 0.15) is 24.7 Å². The summed E-state index contributed by atoms with van der Waals surface area (Å²) in [6, 6.07) is 13.0. The van der Waals surface area contributed by atoms with Crippen molar-refractivity contribution in [3.63, 3.8) is 0 Å². The molecule has 2 aromatic rings. The van der Waals surface area contributed by atoms with Crippen LogP contribution in [0.5, 0.6) is 11.5 Å². The van der Waals surface area contributed by atoms with E-state index in [4.69, 9.17) is 23.7 Å². The van der Waals surface area contributed by atoms with Gasteiger partial charge in [-0.25, -0.2) is 4.79 Å². The minimum Gasteiger partial charge on any atom is -0.491 e. The molecule has 146 valence electrons. The molecule has 0 aliphatic rings. The van der Waals surface area contributed by atoms with Crippen LogP contribution in [0.25, 0.3) is 0 Å². The maximum atomic E-state index is 12.2. The second kappa shape index (κ2) is 11.5. The molecule has 0 amide bonds. The van der Waals surface area contributed by atoms with E-state index in [0.717, 1.165) is 15.5 Å². The highest BCUT2D eigenvalue weighted by molar-refractivity contribution is 7.99. The van der Waals surface area contributed by atoms with Crippen LogP contribution in [-0.2, 0) is 14.2 Å². The summed E-state index contributed by atoms with van der Waals surface area (Å²) < 4.78 is 26.0. The topological polar surface area (TPSA) is 63.2 Å². The number of hydrogen-bond acceptors (Lipinski definition) is 7. The standard InChI is InChI=1S/C20H24O6S/c1-22-10-12-25-15-4-7-17(8-5-15)27-19-9-6-16(26-13-11-23-2)14-18(19)20(21)24-3/h4-9,14H,10-13H2,1-3H3. The molecule has 0 heterocycles. The van der Waals surface area contributed by atoms with Gasteiger partial charge in [-0.2, -0.15) is 0 Å². The molecule has 27 heavy (non-hydrogen) atoms. The number of rotatable bonds is 11. The van der Waals surface area contributed by atoms with Crippen molar-refractivity contribution in [3.05, 3.63) is 48.0 Å². The fourth-order valence-corrected chi connectivity index (χ4v) is 3.09. The van der Waals surface area contributed by atoms with Crippen LogP contribution in [-0.4, -0.2) is 53.7 Å². The number of esters is 1. The van der Waals surface area contributed by atoms with Crippen LogP contribution in [0, 0.1) is 0 Å². The van der Waals surface area contributed by atoms with Gasteiger partial charge in [-0.15, -0.1) is 0 Å². The summed E-state index contributed by atoms with van der Waals surface area (Å²) in [5, 5.41) is 0. The van der Waals surface area contributed by atoms with Crippen LogP contribution in [0.2, 0.25) is 0 Å². The number of ether oxygens (including phenoxy) is 5. The molecule has 0 bridgehead atoms. The zero-order chi connectivity index (χ0) is 19.5. The quantitative estimate of drug-likeness (QED) is 0.427. The van der Waals surface area contributed by atoms with Gasteiger partial charge in [-0.3, -0.25) is 0 Å². The van der Waals surface area contributed by atoms with Gasteiger partial charge in [0.25, 0.3) is 0 Å². The Hall–Kier alpha value is -2.22. The normalized spacial score (nSPS) is 10.5. The fourth-order valence-electron chi connectivity index (χ4n) is 2.17. The monoisotopic (exact) mass is 392 g/mol. The smallest absolute Gasteiger partial charge is 0.339 e. The molecule has 2 rings (SSSR count). The number of carbonyl (C=O) groups excluding carboxylic acids is 1. The first-order valence-corrected chi connectivity index (χ1v) is 9.23. The molecule has 0 N–H and O–H groups in total. The summed E-state index contributed by atoms with van der Waals surface area (Å²) in [6.45, 7) is 1.93. The van der Waals surface area contributed by atoms with E-state index >= 15 is 0 Å². The van der Waals surface area contributed by atoms with Crippen LogP contribution in [0.3, 0.4) is 0 Å². The molecule has 0 radical (unpaired) electrons. The van der Waals surface area contributed by atoms with Gasteiger partial charge in [-0.05, 0) is 42.5 Å². The van der Waals surface area contributed by atoms with Crippen molar-refractivity contribution in [3.8, 4) is 11.5 Å². The first-order chi connectivity index (χ1) is 13.2. The van der Waals surface area contributed by atoms with Gasteiger partial charge < -0.3 is 23.7 Å². The van der Waals surface area contributed by atoms with E-state index in [2.05, 4.69) is 0 Å². The first-order valence-electron chi connectivity index (χ1n) is 8.41. The molecule has 0 unspecified atom stereocenters. The van der Waals surface area contributed by atoms with E-state index in [1.165, 1.54) is 18.9 Å². The second-order valence-corrected chi connectivity index (χ2v) is 6.52. The van der Waals surface area contributed by atoms with Crippen molar-refractivity contribution in [2.24, 2.45) is 0 Å². The minimum atomic E-state index is -0.408. The van der Waals surface area contributed by atoms with E-state index in [-0.39, 0.29) is 0 Å². The zero-order valence-corrected chi connectivity index (χ0v) is 16.5. The summed E-state index contributed by atoms with van der Waals surface area (Å²) in [4.78, 5) is 13.9.